The number of aromatic nitrogens is 3. The molecular weight excluding hydrogens is 963 g/mol. The molecule has 0 radical (unpaired) electrons. The third-order valence-corrected chi connectivity index (χ3v) is 16.1. The van der Waals surface area contributed by atoms with E-state index in [0.717, 1.165) is 111 Å². The van der Waals surface area contributed by atoms with Crippen LogP contribution in [0.3, 0.4) is 0 Å². The van der Waals surface area contributed by atoms with Crippen molar-refractivity contribution in [2.24, 2.45) is 0 Å². The highest BCUT2D eigenvalue weighted by atomic mass is 16.5. The van der Waals surface area contributed by atoms with Crippen LogP contribution in [0.2, 0.25) is 0 Å². The zero-order chi connectivity index (χ0) is 54.6. The molecule has 2 aliphatic heterocycles. The molecule has 0 spiro atoms. The average molecular weight is 1020 g/mol. The lowest BCUT2D eigenvalue weighted by atomic mass is 9.91. The van der Waals surface area contributed by atoms with Gasteiger partial charge in [-0.2, -0.15) is 0 Å². The van der Waals surface area contributed by atoms with Crippen molar-refractivity contribution in [3.63, 3.8) is 0 Å². The van der Waals surface area contributed by atoms with Gasteiger partial charge in [-0.05, 0) is 101 Å². The number of fused-ring (bicyclic) bond motifs is 13. The summed E-state index contributed by atoms with van der Waals surface area (Å²) in [5.74, 6) is 1.78. The molecule has 0 fully saturated rings. The number of benzene rings is 11. The molecule has 14 aromatic rings. The van der Waals surface area contributed by atoms with Gasteiger partial charge in [-0.15, -0.1) is 0 Å². The molecule has 16 rings (SSSR count). The van der Waals surface area contributed by atoms with Gasteiger partial charge in [0.25, 0.3) is 0 Å². The highest BCUT2D eigenvalue weighted by Gasteiger charge is 2.32. The molecule has 0 N–H and O–H groups in total. The summed E-state index contributed by atoms with van der Waals surface area (Å²) in [5, 5.41) is 4.39. The van der Waals surface area contributed by atoms with Crippen molar-refractivity contribution in [3.8, 4) is 78.6 Å². The van der Waals surface area contributed by atoms with Gasteiger partial charge in [-0.3, -0.25) is 4.57 Å². The van der Waals surface area contributed by atoms with Crippen molar-refractivity contribution in [1.29, 1.82) is 0 Å². The second kappa shape index (κ2) is 17.8. The number of rotatable bonds is 8. The van der Waals surface area contributed by atoms with Crippen LogP contribution in [0.5, 0.6) is 11.5 Å². The first-order chi connectivity index (χ1) is 40.3. The van der Waals surface area contributed by atoms with E-state index >= 15 is 0 Å². The first-order valence-corrected chi connectivity index (χ1v) is 26.8. The molecule has 3 aromatic heterocycles. The highest BCUT2D eigenvalue weighted by Crippen LogP contribution is 2.53. The molecule has 5 heterocycles. The average Bonchev–Trinajstić information content (AvgIpc) is 4.31. The summed E-state index contributed by atoms with van der Waals surface area (Å²) in [6, 6.07) is 90.9. The lowest BCUT2D eigenvalue weighted by molar-refractivity contribution is 0.483. The lowest BCUT2D eigenvalue weighted by Crippen LogP contribution is -2.24. The van der Waals surface area contributed by atoms with Crippen LogP contribution in [0.15, 0.2) is 267 Å². The predicted molar refractivity (Wildman–Crippen MR) is 327 cm³/mol. The summed E-state index contributed by atoms with van der Waals surface area (Å²) in [5.41, 5.74) is 20.1. The predicted octanol–water partition coefficient (Wildman–Crippen LogP) is 19.3. The molecule has 79 heavy (non-hydrogen) atoms. The number of hydrogen-bond donors (Lipinski definition) is 0. The molecular formula is C73H49N5O. The minimum atomic E-state index is -2.44. The molecule has 0 saturated carbocycles. The van der Waals surface area contributed by atoms with Crippen molar-refractivity contribution in [2.45, 2.75) is 6.85 Å². The number of anilines is 4. The van der Waals surface area contributed by atoms with Crippen LogP contribution < -0.4 is 14.5 Å². The third-order valence-electron chi connectivity index (χ3n) is 16.1. The maximum absolute atomic E-state index is 8.90. The van der Waals surface area contributed by atoms with E-state index in [0.29, 0.717) is 29.5 Å². The van der Waals surface area contributed by atoms with Gasteiger partial charge in [0.15, 0.2) is 0 Å². The Labute approximate surface area is 461 Å². The van der Waals surface area contributed by atoms with Gasteiger partial charge in [0, 0.05) is 77.5 Å². The van der Waals surface area contributed by atoms with Crippen molar-refractivity contribution in [2.75, 3.05) is 16.5 Å². The summed E-state index contributed by atoms with van der Waals surface area (Å²) >= 11 is 0. The lowest BCUT2D eigenvalue weighted by Gasteiger charge is -2.27. The molecule has 372 valence electrons. The summed E-state index contributed by atoms with van der Waals surface area (Å²) < 4.78 is 38.3. The molecule has 0 unspecified atom stereocenters. The number of hydrogen-bond acceptors (Lipinski definition) is 4. The topological polar surface area (TPSA) is 38.5 Å². The van der Waals surface area contributed by atoms with Gasteiger partial charge < -0.3 is 19.1 Å². The van der Waals surface area contributed by atoms with Crippen molar-refractivity contribution in [3.05, 3.63) is 273 Å². The van der Waals surface area contributed by atoms with Crippen LogP contribution in [0.1, 0.15) is 9.68 Å². The smallest absolute Gasteiger partial charge is 0.137 e. The van der Waals surface area contributed by atoms with Crippen molar-refractivity contribution in [1.82, 2.24) is 14.1 Å². The molecule has 11 aromatic carbocycles. The number of nitrogens with zero attached hydrogens (tertiary/aromatic N) is 5. The molecule has 0 amide bonds. The maximum Gasteiger partial charge on any atom is 0.137 e. The van der Waals surface area contributed by atoms with E-state index in [1.807, 2.05) is 36.4 Å². The van der Waals surface area contributed by atoms with Crippen molar-refractivity contribution < 1.29 is 8.85 Å². The molecule has 0 aliphatic carbocycles. The summed E-state index contributed by atoms with van der Waals surface area (Å²) in [6.45, 7) is -1.87. The monoisotopic (exact) mass is 1010 g/mol. The third kappa shape index (κ3) is 7.01. The Balaban J connectivity index is 0.863. The molecule has 0 bridgehead atoms. The van der Waals surface area contributed by atoms with E-state index in [1.54, 1.807) is 12.3 Å². The zero-order valence-corrected chi connectivity index (χ0v) is 42.8. The molecule has 0 saturated heterocycles. The molecule has 6 heteroatoms. The van der Waals surface area contributed by atoms with Gasteiger partial charge in [-0.1, -0.05) is 188 Å². The second-order valence-electron chi connectivity index (χ2n) is 20.4. The SMILES string of the molecule is [2H]C([2H])([2H])c1cc(-n2c3cc(Oc4cccc(N5CN(c6c(-c7ccccc7)cccc6-c6ccccc6)c6ccccc65)c4)ccc3c3c4c(ccc32)-n2c3ccccc3c3cccc(c32)-c2ccccc2-4)ncc1-c1ccccc1. The van der Waals surface area contributed by atoms with E-state index in [9.17, 15) is 0 Å². The standard InChI is InChI=1S/C73H49N5O/c1-47-42-69(74-45-62(47)50-24-9-4-10-25-50)77-66-40-41-67-70(58-30-12-11-28-56(58)59-33-19-34-60-57-29-13-14-35-63(57)78(67)73(59)60)71(66)61-39-38-53(44-68(61)77)79-52-27-17-26-51(43-52)75-46-76(65-37-16-15-36-64(65)75)72-54(48-20-5-2-6-21-48)31-18-32-55(72)49-22-7-3-8-23-49/h2-45H,46H2,1H3/i1D3. The quantitative estimate of drug-likeness (QED) is 0.152. The molecule has 2 aliphatic rings. The first-order valence-electron chi connectivity index (χ1n) is 28.3. The van der Waals surface area contributed by atoms with Crippen LogP contribution in [0.25, 0.3) is 111 Å². The fourth-order valence-electron chi connectivity index (χ4n) is 12.7. The Hall–Kier alpha value is -10.4. The summed E-state index contributed by atoms with van der Waals surface area (Å²) in [7, 11) is 0. The van der Waals surface area contributed by atoms with E-state index in [2.05, 4.69) is 237 Å². The minimum absolute atomic E-state index is 0.224. The van der Waals surface area contributed by atoms with Crippen LogP contribution in [0, 0.1) is 6.85 Å². The Morgan fingerprint density at radius 1 is 0.405 bits per heavy atom. The molecule has 6 nitrogen and oxygen atoms in total. The fraction of sp³-hybridized carbons (Fsp3) is 0.0274. The van der Waals surface area contributed by atoms with Gasteiger partial charge in [-0.25, -0.2) is 4.98 Å². The number of aryl methyl sites for hydroxylation is 1. The zero-order valence-electron chi connectivity index (χ0n) is 45.8. The van der Waals surface area contributed by atoms with E-state index < -0.39 is 6.85 Å². The Morgan fingerprint density at radius 3 is 1.77 bits per heavy atom. The normalized spacial score (nSPS) is 13.2. The van der Waals surface area contributed by atoms with Gasteiger partial charge in [0.2, 0.25) is 0 Å². The van der Waals surface area contributed by atoms with E-state index in [4.69, 9.17) is 13.8 Å². The number of ether oxygens (including phenoxy) is 1. The van der Waals surface area contributed by atoms with Gasteiger partial charge in [0.05, 0.1) is 44.8 Å². The number of para-hydroxylation sites is 5. The van der Waals surface area contributed by atoms with E-state index in [-0.39, 0.29) is 5.56 Å². The van der Waals surface area contributed by atoms with Gasteiger partial charge in [0.1, 0.15) is 24.0 Å². The van der Waals surface area contributed by atoms with Gasteiger partial charge >= 0.3 is 0 Å². The van der Waals surface area contributed by atoms with Crippen molar-refractivity contribution >= 4 is 66.4 Å². The Bertz CT molecular complexity index is 4820. The Kier molecular flexibility index (Phi) is 9.43. The Morgan fingerprint density at radius 2 is 1.01 bits per heavy atom. The van der Waals surface area contributed by atoms with Crippen LogP contribution in [0.4, 0.5) is 22.7 Å². The van der Waals surface area contributed by atoms with Crippen LogP contribution >= 0.6 is 0 Å². The van der Waals surface area contributed by atoms with E-state index in [1.165, 1.54) is 10.8 Å². The number of pyridine rings is 1. The van der Waals surface area contributed by atoms with Crippen LogP contribution in [-0.4, -0.2) is 20.8 Å². The summed E-state index contributed by atoms with van der Waals surface area (Å²) in [4.78, 5) is 9.96. The highest BCUT2D eigenvalue weighted by molar-refractivity contribution is 6.23. The second-order valence-corrected chi connectivity index (χ2v) is 20.4. The first kappa shape index (κ1) is 41.8. The summed E-state index contributed by atoms with van der Waals surface area (Å²) in [6.07, 6.45) is 1.72. The van der Waals surface area contributed by atoms with Crippen LogP contribution in [-0.2, 0) is 0 Å². The fourth-order valence-corrected chi connectivity index (χ4v) is 12.7. The maximum atomic E-state index is 8.90. The minimum Gasteiger partial charge on any atom is -0.457 e. The largest absolute Gasteiger partial charge is 0.457 e. The molecule has 0 atom stereocenters.